The van der Waals surface area contributed by atoms with E-state index >= 15 is 0 Å². The molecule has 0 unspecified atom stereocenters. The maximum atomic E-state index is 13.7. The molecule has 5 heterocycles. The first-order chi connectivity index (χ1) is 48.3. The van der Waals surface area contributed by atoms with Crippen LogP contribution in [0.3, 0.4) is 0 Å². The fourth-order valence-electron chi connectivity index (χ4n) is 18.0. The molecule has 0 aromatic heterocycles. The topological polar surface area (TPSA) is 507 Å². The molecule has 1 amide bonds. The van der Waals surface area contributed by atoms with Gasteiger partial charge in [-0.05, 0) is 106 Å². The molecule has 590 valence electrons. The Morgan fingerprint density at radius 3 is 1.66 bits per heavy atom. The summed E-state index contributed by atoms with van der Waals surface area (Å²) in [6.45, 7) is 21.3. The lowest BCUT2D eigenvalue weighted by Crippen LogP contribution is -2.66. The third kappa shape index (κ3) is 17.0. The summed E-state index contributed by atoms with van der Waals surface area (Å²) in [6.07, 6.45) is -36.7. The van der Waals surface area contributed by atoms with Gasteiger partial charge in [-0.3, -0.25) is 9.59 Å². The fraction of sp³-hybridized carbons (Fsp3) is 0.871. The van der Waals surface area contributed by atoms with Crippen molar-refractivity contribution in [1.29, 1.82) is 0 Å². The maximum Gasteiger partial charge on any atom is 0.330 e. The van der Waals surface area contributed by atoms with Crippen LogP contribution < -0.4 is 5.32 Å². The Bertz CT molecular complexity index is 2880. The molecular formula is C70H113NO32. The lowest BCUT2D eigenvalue weighted by molar-refractivity contribution is -0.380. The Hall–Kier alpha value is -3.45. The van der Waals surface area contributed by atoms with E-state index in [0.717, 1.165) is 37.5 Å². The fourth-order valence-corrected chi connectivity index (χ4v) is 18.0. The van der Waals surface area contributed by atoms with Crippen molar-refractivity contribution in [2.45, 2.75) is 291 Å². The van der Waals surface area contributed by atoms with Crippen molar-refractivity contribution in [3.05, 3.63) is 37.0 Å². The standard InChI is InChI=1S/C70H113NO32/c1-12-44(74)71-22-23-91-26-36-47(77)53(83)59(89)64(97-36)103-60-55(85)50(80)39(29-93-61-56(86)51(81)46(76)35(25-72)95-61)99-65(60)102-42(67(7,8)90)18-14-30(3)32-20-21-68(9)40-17-15-33-34(70(40,11)43(24-69(32,68)10)100-45(75)13-2)16-19-41(66(33,5)6)101-63-58(88)54(84)49(79)38(98-63)28-94-62-57(87)52(82)48(78)37(96-62)27-92-31(4)73/h12-13,15,30,32,34-43,46-65,72,76-90H,1-2,14,16-29H2,3-11H3,(H,71,74)/t30-,32-,34-,35-,36-,37-,38-,39-,40+,41+,42-,43-,46-,47-,48-,49-,50-,51+,52+,53+,54+,55+,56-,57-,58-,59-,60-,61-,62-,63+,64+,65+,68+,69-,70+/m1/s1. The summed E-state index contributed by atoms with van der Waals surface area (Å²) < 4.78 is 77.8. The average Bonchev–Trinajstić information content (AvgIpc) is 1.65. The van der Waals surface area contributed by atoms with Crippen molar-refractivity contribution < 1.29 is 158 Å². The predicted molar refractivity (Wildman–Crippen MR) is 351 cm³/mol. The number of carbonyl (C=O) groups is 3. The number of nitrogens with one attached hydrogen (secondary N) is 1. The van der Waals surface area contributed by atoms with Crippen LogP contribution in [-0.4, -0.2) is 323 Å². The van der Waals surface area contributed by atoms with Gasteiger partial charge in [-0.1, -0.05) is 66.3 Å². The quantitative estimate of drug-likeness (QED) is 0.0155. The number of ether oxygens (including phenoxy) is 13. The summed E-state index contributed by atoms with van der Waals surface area (Å²) in [5.41, 5.74) is -2.97. The third-order valence-corrected chi connectivity index (χ3v) is 24.4. The predicted octanol–water partition coefficient (Wildman–Crippen LogP) is -3.77. The monoisotopic (exact) mass is 1480 g/mol. The summed E-state index contributed by atoms with van der Waals surface area (Å²) in [6, 6.07) is 0. The molecule has 9 aliphatic rings. The minimum atomic E-state index is -2.01. The van der Waals surface area contributed by atoms with Crippen LogP contribution in [-0.2, 0) is 76.0 Å². The normalized spacial score (nSPS) is 46.0. The van der Waals surface area contributed by atoms with Crippen molar-refractivity contribution in [3.8, 4) is 0 Å². The Morgan fingerprint density at radius 2 is 1.12 bits per heavy atom. The van der Waals surface area contributed by atoms with Crippen molar-refractivity contribution in [1.82, 2.24) is 5.32 Å². The first-order valence-electron chi connectivity index (χ1n) is 35.8. The number of rotatable bonds is 28. The number of hydrogen-bond acceptors (Lipinski definition) is 32. The molecule has 4 aliphatic carbocycles. The Kier molecular flexibility index (Phi) is 27.4. The maximum absolute atomic E-state index is 13.7. The van der Waals surface area contributed by atoms with E-state index in [1.54, 1.807) is 0 Å². The van der Waals surface area contributed by atoms with E-state index in [9.17, 15) is 96.1 Å². The van der Waals surface area contributed by atoms with Crippen molar-refractivity contribution >= 4 is 17.8 Å². The molecule has 8 fully saturated rings. The van der Waals surface area contributed by atoms with E-state index in [2.05, 4.69) is 52.2 Å². The van der Waals surface area contributed by atoms with E-state index in [0.29, 0.717) is 32.1 Å². The van der Waals surface area contributed by atoms with Gasteiger partial charge in [0.05, 0.1) is 50.8 Å². The van der Waals surface area contributed by atoms with Gasteiger partial charge in [0.15, 0.2) is 31.5 Å². The van der Waals surface area contributed by atoms with E-state index < -0.39 is 245 Å². The molecule has 3 saturated carbocycles. The average molecular weight is 1480 g/mol. The Labute approximate surface area is 598 Å². The number of allylic oxidation sites excluding steroid dienone is 1. The molecule has 0 aromatic carbocycles. The number of aliphatic hydroxyl groups excluding tert-OH is 15. The zero-order chi connectivity index (χ0) is 75.9. The minimum Gasteiger partial charge on any atom is -0.463 e. The van der Waals surface area contributed by atoms with Gasteiger partial charge < -0.3 is 149 Å². The smallest absolute Gasteiger partial charge is 0.330 e. The first kappa shape index (κ1) is 83.6. The lowest BCUT2D eigenvalue weighted by atomic mass is 9.38. The van der Waals surface area contributed by atoms with Gasteiger partial charge in [0.2, 0.25) is 5.91 Å². The van der Waals surface area contributed by atoms with Gasteiger partial charge in [0.25, 0.3) is 0 Å². The van der Waals surface area contributed by atoms with Crippen LogP contribution >= 0.6 is 0 Å². The van der Waals surface area contributed by atoms with Crippen LogP contribution in [0.25, 0.3) is 0 Å². The molecule has 5 aliphatic heterocycles. The van der Waals surface area contributed by atoms with Crippen molar-refractivity contribution in [2.24, 2.45) is 45.3 Å². The molecule has 17 N–H and O–H groups in total. The highest BCUT2D eigenvalue weighted by Crippen LogP contribution is 2.75. The number of esters is 2. The summed E-state index contributed by atoms with van der Waals surface area (Å²) in [4.78, 5) is 36.9. The van der Waals surface area contributed by atoms with Crippen LogP contribution in [0.1, 0.15) is 114 Å². The van der Waals surface area contributed by atoms with Gasteiger partial charge in [-0.15, -0.1) is 0 Å². The largest absolute Gasteiger partial charge is 0.463 e. The zero-order valence-corrected chi connectivity index (χ0v) is 59.9. The van der Waals surface area contributed by atoms with E-state index in [4.69, 9.17) is 61.6 Å². The van der Waals surface area contributed by atoms with E-state index in [1.165, 1.54) is 13.8 Å². The lowest BCUT2D eigenvalue weighted by Gasteiger charge is -2.68. The van der Waals surface area contributed by atoms with E-state index in [1.807, 2.05) is 13.8 Å². The Morgan fingerprint density at radius 1 is 0.612 bits per heavy atom. The van der Waals surface area contributed by atoms with Gasteiger partial charge in [0.1, 0.15) is 135 Å². The molecule has 5 saturated heterocycles. The number of hydrogen-bond donors (Lipinski definition) is 17. The van der Waals surface area contributed by atoms with Gasteiger partial charge in [-0.25, -0.2) is 4.79 Å². The molecule has 9 rings (SSSR count). The van der Waals surface area contributed by atoms with Crippen LogP contribution in [0.15, 0.2) is 37.0 Å². The summed E-state index contributed by atoms with van der Waals surface area (Å²) >= 11 is 0. The van der Waals surface area contributed by atoms with Gasteiger partial charge >= 0.3 is 11.9 Å². The minimum absolute atomic E-state index is 0.0214. The van der Waals surface area contributed by atoms with Crippen molar-refractivity contribution in [3.63, 3.8) is 0 Å². The second-order valence-corrected chi connectivity index (χ2v) is 31.3. The second kappa shape index (κ2) is 33.8. The molecule has 0 bridgehead atoms. The van der Waals surface area contributed by atoms with E-state index in [-0.39, 0.29) is 48.7 Å². The second-order valence-electron chi connectivity index (χ2n) is 31.3. The summed E-state index contributed by atoms with van der Waals surface area (Å²) in [5.74, 6) is -2.11. The van der Waals surface area contributed by atoms with Crippen LogP contribution in [0.4, 0.5) is 0 Å². The highest BCUT2D eigenvalue weighted by atomic mass is 16.8. The molecule has 0 aromatic rings. The number of fused-ring (bicyclic) bond motifs is 5. The molecular weight excluding hydrogens is 1370 g/mol. The number of aliphatic hydroxyl groups is 16. The highest BCUT2D eigenvalue weighted by Gasteiger charge is 2.72. The molecule has 0 spiro atoms. The molecule has 33 heteroatoms. The number of carbonyl (C=O) groups excluding carboxylic acids is 3. The zero-order valence-electron chi connectivity index (χ0n) is 59.9. The van der Waals surface area contributed by atoms with Crippen LogP contribution in [0, 0.1) is 45.3 Å². The summed E-state index contributed by atoms with van der Waals surface area (Å²) in [5, 5.41) is 179. The number of amides is 1. The summed E-state index contributed by atoms with van der Waals surface area (Å²) in [7, 11) is 0. The SMILES string of the molecule is C=CC(=O)NCCOC[C@H]1O[C@@H](O[C@H]2[C@H](O[C@H](CC[C@@H](C)[C@H]3CC[C@@]4(C)[C@@H]5CC=C6[C@@H](CC[C@H](O[C@@H]7O[C@H](CO[C@@H]8O[C@H](COC(C)=O)[C@@H](O)[C@H](O)[C@H]8O)[C@@H](O)[C@H](O)[C@H]7O)C6(C)C)[C@]5(C)[C@H](OC(=O)C=C)C[C@]34C)C(C)(C)O)O[C@H](CO[C@@H]3O[C@H](CO)[C@@H](O)[C@H](O)[C@H]3O)[C@@H](O)[C@@H]2O)[C@H](O)[C@@H](O)[C@@H]1O. The Balaban J connectivity index is 0.917. The third-order valence-electron chi connectivity index (χ3n) is 24.4. The highest BCUT2D eigenvalue weighted by molar-refractivity contribution is 5.86. The van der Waals surface area contributed by atoms with Gasteiger partial charge in [0, 0.05) is 30.4 Å². The van der Waals surface area contributed by atoms with Crippen LogP contribution in [0.2, 0.25) is 0 Å². The van der Waals surface area contributed by atoms with Crippen LogP contribution in [0.5, 0.6) is 0 Å². The van der Waals surface area contributed by atoms with Crippen molar-refractivity contribution in [2.75, 3.05) is 46.2 Å². The molecule has 33 nitrogen and oxygen atoms in total. The molecule has 103 heavy (non-hydrogen) atoms. The first-order valence-corrected chi connectivity index (χ1v) is 35.8. The molecule has 35 atom stereocenters. The molecule has 0 radical (unpaired) electrons. The van der Waals surface area contributed by atoms with Gasteiger partial charge in [-0.2, -0.15) is 0 Å².